The maximum absolute atomic E-state index is 13.3. The van der Waals surface area contributed by atoms with E-state index in [1.54, 1.807) is 32.7 Å². The lowest BCUT2D eigenvalue weighted by Gasteiger charge is -2.36. The van der Waals surface area contributed by atoms with Gasteiger partial charge in [0, 0.05) is 25.9 Å². The average molecular weight is 538 g/mol. The monoisotopic (exact) mass is 537 g/mol. The molecule has 1 aromatic heterocycles. The van der Waals surface area contributed by atoms with E-state index in [0.717, 1.165) is 22.2 Å². The highest BCUT2D eigenvalue weighted by molar-refractivity contribution is 5.90. The van der Waals surface area contributed by atoms with E-state index in [0.29, 0.717) is 25.9 Å². The first-order valence-corrected chi connectivity index (χ1v) is 13.3. The number of likely N-dealkylation sites (N-methyl/N-ethyl adjacent to an activating group) is 1. The molecule has 1 aliphatic heterocycles. The van der Waals surface area contributed by atoms with Crippen LogP contribution in [-0.2, 0) is 30.5 Å². The Labute approximate surface area is 229 Å². The van der Waals surface area contributed by atoms with Crippen molar-refractivity contribution in [2.24, 2.45) is 5.92 Å². The molecule has 0 unspecified atom stereocenters. The van der Waals surface area contributed by atoms with Crippen molar-refractivity contribution >= 4 is 40.7 Å². The van der Waals surface area contributed by atoms with Crippen LogP contribution in [0, 0.1) is 5.92 Å². The summed E-state index contributed by atoms with van der Waals surface area (Å²) in [7, 11) is 1.72. The zero-order chi connectivity index (χ0) is 28.7. The minimum absolute atomic E-state index is 0.150. The van der Waals surface area contributed by atoms with Crippen molar-refractivity contribution in [3.8, 4) is 0 Å². The van der Waals surface area contributed by atoms with Crippen molar-refractivity contribution in [1.82, 2.24) is 25.6 Å². The number of fused-ring (bicyclic) bond motifs is 1. The van der Waals surface area contributed by atoms with Gasteiger partial charge in [0.15, 0.2) is 6.10 Å². The van der Waals surface area contributed by atoms with Gasteiger partial charge >= 0.3 is 5.97 Å². The SMILES string of the molecule is C/C=C/c1ccc2ccc(CN(C)C(=O)[C@@H]3CCCN(C(=O)[C@H](C)NC(=O)[C@@H](OC(C)=O)C(C)C)N3)nc2c1. The molecule has 3 atom stereocenters. The fourth-order valence-electron chi connectivity index (χ4n) is 4.53. The van der Waals surface area contributed by atoms with Crippen LogP contribution in [0.1, 0.15) is 58.7 Å². The van der Waals surface area contributed by atoms with E-state index in [9.17, 15) is 19.2 Å². The maximum Gasteiger partial charge on any atom is 0.303 e. The average Bonchev–Trinajstić information content (AvgIpc) is 2.90. The number of hydrogen-bond acceptors (Lipinski definition) is 7. The first-order valence-electron chi connectivity index (χ1n) is 13.3. The van der Waals surface area contributed by atoms with Crippen LogP contribution in [-0.4, -0.2) is 70.4 Å². The molecule has 2 aromatic rings. The number of ether oxygens (including phenoxy) is 1. The second-order valence-electron chi connectivity index (χ2n) is 10.3. The zero-order valence-electron chi connectivity index (χ0n) is 23.6. The largest absolute Gasteiger partial charge is 0.452 e. The summed E-state index contributed by atoms with van der Waals surface area (Å²) in [6, 6.07) is 8.53. The topological polar surface area (TPSA) is 121 Å². The van der Waals surface area contributed by atoms with E-state index in [-0.39, 0.29) is 17.7 Å². The lowest BCUT2D eigenvalue weighted by atomic mass is 10.1. The predicted molar refractivity (Wildman–Crippen MR) is 149 cm³/mol. The molecule has 39 heavy (non-hydrogen) atoms. The molecule has 210 valence electrons. The number of esters is 1. The summed E-state index contributed by atoms with van der Waals surface area (Å²) in [6.07, 6.45) is 4.21. The number of aromatic nitrogens is 1. The van der Waals surface area contributed by atoms with Gasteiger partial charge in [0.1, 0.15) is 12.1 Å². The fourth-order valence-corrected chi connectivity index (χ4v) is 4.53. The molecule has 1 fully saturated rings. The molecule has 1 aliphatic rings. The fraction of sp³-hybridized carbons (Fsp3) is 0.483. The molecule has 0 radical (unpaired) electrons. The third-order valence-corrected chi connectivity index (χ3v) is 6.54. The summed E-state index contributed by atoms with van der Waals surface area (Å²) >= 11 is 0. The second kappa shape index (κ2) is 13.3. The molecule has 2 N–H and O–H groups in total. The third-order valence-electron chi connectivity index (χ3n) is 6.54. The molecule has 0 saturated carbocycles. The van der Waals surface area contributed by atoms with Crippen molar-refractivity contribution in [2.75, 3.05) is 13.6 Å². The Kier molecular flexibility index (Phi) is 10.2. The van der Waals surface area contributed by atoms with Gasteiger partial charge in [-0.3, -0.25) is 29.2 Å². The number of nitrogens with one attached hydrogen (secondary N) is 2. The molecular formula is C29H39N5O5. The number of benzene rings is 1. The van der Waals surface area contributed by atoms with E-state index in [4.69, 9.17) is 9.72 Å². The van der Waals surface area contributed by atoms with Gasteiger partial charge in [-0.15, -0.1) is 0 Å². The van der Waals surface area contributed by atoms with Gasteiger partial charge in [-0.2, -0.15) is 0 Å². The van der Waals surface area contributed by atoms with E-state index >= 15 is 0 Å². The minimum atomic E-state index is -0.992. The van der Waals surface area contributed by atoms with Crippen molar-refractivity contribution in [3.63, 3.8) is 0 Å². The van der Waals surface area contributed by atoms with Gasteiger partial charge in [0.2, 0.25) is 5.91 Å². The second-order valence-corrected chi connectivity index (χ2v) is 10.3. The normalized spacial score (nSPS) is 17.2. The number of amides is 3. The Morgan fingerprint density at radius 2 is 1.92 bits per heavy atom. The molecule has 0 spiro atoms. The molecule has 1 aromatic carbocycles. The smallest absolute Gasteiger partial charge is 0.303 e. The van der Waals surface area contributed by atoms with Gasteiger partial charge in [0.25, 0.3) is 11.8 Å². The Bertz CT molecular complexity index is 1240. The van der Waals surface area contributed by atoms with Crippen molar-refractivity contribution in [3.05, 3.63) is 47.7 Å². The van der Waals surface area contributed by atoms with Crippen LogP contribution in [0.4, 0.5) is 0 Å². The van der Waals surface area contributed by atoms with Crippen LogP contribution in [0.25, 0.3) is 17.0 Å². The van der Waals surface area contributed by atoms with Crippen LogP contribution < -0.4 is 10.7 Å². The lowest BCUT2D eigenvalue weighted by Crippen LogP contribution is -2.61. The number of hydrazine groups is 1. The van der Waals surface area contributed by atoms with Gasteiger partial charge < -0.3 is 15.0 Å². The Balaban J connectivity index is 1.61. The molecule has 1 saturated heterocycles. The molecule has 10 heteroatoms. The Morgan fingerprint density at radius 3 is 2.59 bits per heavy atom. The van der Waals surface area contributed by atoms with Gasteiger partial charge in [-0.05, 0) is 50.3 Å². The predicted octanol–water partition coefficient (Wildman–Crippen LogP) is 2.81. The maximum atomic E-state index is 13.3. The number of nitrogens with zero attached hydrogens (tertiary/aromatic N) is 3. The van der Waals surface area contributed by atoms with Crippen LogP contribution in [0.3, 0.4) is 0 Å². The highest BCUT2D eigenvalue weighted by Crippen LogP contribution is 2.18. The summed E-state index contributed by atoms with van der Waals surface area (Å²) in [6.45, 7) is 9.02. The summed E-state index contributed by atoms with van der Waals surface area (Å²) in [4.78, 5) is 56.7. The standard InChI is InChI=1S/C29H39N5O5/c1-7-9-21-11-12-22-13-14-23(31-25(22)16-21)17-33(6)29(38)24-10-8-15-34(32-24)28(37)19(4)30-27(36)26(18(2)3)39-20(5)35/h7,9,11-14,16,18-19,24,26,32H,8,10,15,17H2,1-6H3,(H,30,36)/b9-7+/t19-,24-,26-/m0/s1. The summed E-state index contributed by atoms with van der Waals surface area (Å²) in [5, 5.41) is 5.05. The molecule has 0 aliphatic carbocycles. The number of carbonyl (C=O) groups is 4. The number of allylic oxidation sites excluding steroid dienone is 1. The first kappa shape index (κ1) is 29.8. The molecule has 10 nitrogen and oxygen atoms in total. The number of rotatable bonds is 9. The summed E-state index contributed by atoms with van der Waals surface area (Å²) < 4.78 is 5.11. The van der Waals surface area contributed by atoms with Crippen LogP contribution in [0.15, 0.2) is 36.4 Å². The van der Waals surface area contributed by atoms with E-state index in [2.05, 4.69) is 10.7 Å². The molecule has 0 bridgehead atoms. The van der Waals surface area contributed by atoms with Crippen molar-refractivity contribution in [2.45, 2.75) is 72.2 Å². The van der Waals surface area contributed by atoms with Crippen molar-refractivity contribution < 1.29 is 23.9 Å². The van der Waals surface area contributed by atoms with Crippen LogP contribution in [0.2, 0.25) is 0 Å². The number of pyridine rings is 1. The molecular weight excluding hydrogens is 498 g/mol. The van der Waals surface area contributed by atoms with E-state index in [1.165, 1.54) is 11.9 Å². The highest BCUT2D eigenvalue weighted by Gasteiger charge is 2.33. The minimum Gasteiger partial charge on any atom is -0.452 e. The van der Waals surface area contributed by atoms with Gasteiger partial charge in [-0.25, -0.2) is 5.43 Å². The highest BCUT2D eigenvalue weighted by atomic mass is 16.5. The zero-order valence-corrected chi connectivity index (χ0v) is 23.6. The molecule has 3 amide bonds. The van der Waals surface area contributed by atoms with E-state index < -0.39 is 30.1 Å². The summed E-state index contributed by atoms with van der Waals surface area (Å²) in [5.41, 5.74) is 5.73. The Hall–Kier alpha value is -3.79. The van der Waals surface area contributed by atoms with E-state index in [1.807, 2.05) is 49.4 Å². The lowest BCUT2D eigenvalue weighted by molar-refractivity contribution is -0.157. The van der Waals surface area contributed by atoms with Gasteiger partial charge in [-0.1, -0.05) is 44.2 Å². The van der Waals surface area contributed by atoms with Crippen LogP contribution in [0.5, 0.6) is 0 Å². The number of carbonyl (C=O) groups excluding carboxylic acids is 4. The quantitative estimate of drug-likeness (QED) is 0.472. The molecule has 3 rings (SSSR count). The van der Waals surface area contributed by atoms with Crippen molar-refractivity contribution in [1.29, 1.82) is 0 Å². The van der Waals surface area contributed by atoms with Gasteiger partial charge in [0.05, 0.1) is 17.8 Å². The van der Waals surface area contributed by atoms with Crippen LogP contribution >= 0.6 is 0 Å². The number of hydrogen-bond donors (Lipinski definition) is 2. The Morgan fingerprint density at radius 1 is 1.21 bits per heavy atom. The summed E-state index contributed by atoms with van der Waals surface area (Å²) in [5.74, 6) is -1.88. The molecule has 2 heterocycles. The first-order chi connectivity index (χ1) is 18.5. The third kappa shape index (κ3) is 7.86.